The normalized spacial score (nSPS) is 15.0. The molecule has 0 heterocycles. The van der Waals surface area contributed by atoms with Crippen molar-refractivity contribution >= 4 is 5.91 Å². The van der Waals surface area contributed by atoms with Gasteiger partial charge in [0, 0.05) is 13.0 Å². The average Bonchev–Trinajstić information content (AvgIpc) is 2.68. The predicted octanol–water partition coefficient (Wildman–Crippen LogP) is 1.93. The molecule has 0 fully saturated rings. The Labute approximate surface area is 90.7 Å². The van der Waals surface area contributed by atoms with E-state index in [0.717, 1.165) is 19.4 Å². The monoisotopic (exact) mass is 203 g/mol. The van der Waals surface area contributed by atoms with Crippen LogP contribution in [0.15, 0.2) is 24.3 Å². The Morgan fingerprint density at radius 3 is 2.47 bits per heavy atom. The number of carbonyl (C=O) groups excluding carboxylic acids is 1. The summed E-state index contributed by atoms with van der Waals surface area (Å²) in [5.74, 6) is 0.754. The summed E-state index contributed by atoms with van der Waals surface area (Å²) in [5.41, 5.74) is 2.90. The fourth-order valence-electron chi connectivity index (χ4n) is 2.18. The van der Waals surface area contributed by atoms with Crippen LogP contribution in [-0.4, -0.2) is 12.5 Å². The number of amides is 1. The number of carbonyl (C=O) groups is 1. The number of hydrogen-bond acceptors (Lipinski definition) is 1. The summed E-state index contributed by atoms with van der Waals surface area (Å²) < 4.78 is 0. The van der Waals surface area contributed by atoms with Crippen LogP contribution in [0.3, 0.4) is 0 Å². The Balaban J connectivity index is 1.88. The summed E-state index contributed by atoms with van der Waals surface area (Å²) in [6.07, 6.45) is 2.81. The molecule has 1 aromatic rings. The Morgan fingerprint density at radius 2 is 1.93 bits per heavy atom. The summed E-state index contributed by atoms with van der Waals surface area (Å²) in [6.45, 7) is 2.71. The fourth-order valence-corrected chi connectivity index (χ4v) is 2.18. The second kappa shape index (κ2) is 4.47. The smallest absolute Gasteiger partial charge is 0.219 e. The van der Waals surface area contributed by atoms with E-state index in [-0.39, 0.29) is 5.91 Å². The van der Waals surface area contributed by atoms with Crippen molar-refractivity contribution in [2.24, 2.45) is 5.92 Å². The van der Waals surface area contributed by atoms with E-state index >= 15 is 0 Å². The van der Waals surface area contributed by atoms with Crippen LogP contribution in [0.25, 0.3) is 0 Å². The molecular weight excluding hydrogens is 186 g/mol. The zero-order chi connectivity index (χ0) is 10.7. The highest BCUT2D eigenvalue weighted by Gasteiger charge is 2.20. The van der Waals surface area contributed by atoms with Crippen LogP contribution >= 0.6 is 0 Å². The number of nitrogens with one attached hydrogen (secondary N) is 1. The maximum atomic E-state index is 11.1. The van der Waals surface area contributed by atoms with Gasteiger partial charge in [0.1, 0.15) is 0 Å². The van der Waals surface area contributed by atoms with E-state index < -0.39 is 0 Å². The van der Waals surface area contributed by atoms with Crippen molar-refractivity contribution in [1.29, 1.82) is 0 Å². The van der Waals surface area contributed by atoms with E-state index in [1.807, 2.05) is 6.92 Å². The molecule has 0 unspecified atom stereocenters. The Kier molecular flexibility index (Phi) is 3.05. The molecule has 0 aromatic heterocycles. The molecule has 15 heavy (non-hydrogen) atoms. The van der Waals surface area contributed by atoms with E-state index in [0.29, 0.717) is 12.3 Å². The number of hydrogen-bond donors (Lipinski definition) is 1. The third-order valence-electron chi connectivity index (χ3n) is 3.04. The topological polar surface area (TPSA) is 29.1 Å². The first-order valence-corrected chi connectivity index (χ1v) is 5.63. The first kappa shape index (κ1) is 10.2. The lowest BCUT2D eigenvalue weighted by atomic mass is 10.1. The van der Waals surface area contributed by atoms with Gasteiger partial charge in [0.15, 0.2) is 0 Å². The molecule has 1 aliphatic carbocycles. The van der Waals surface area contributed by atoms with E-state index in [1.54, 1.807) is 0 Å². The van der Waals surface area contributed by atoms with Gasteiger partial charge in [-0.25, -0.2) is 0 Å². The maximum absolute atomic E-state index is 11.1. The van der Waals surface area contributed by atoms with Gasteiger partial charge < -0.3 is 5.32 Å². The second-order valence-electron chi connectivity index (χ2n) is 4.20. The van der Waals surface area contributed by atoms with Gasteiger partial charge in [-0.05, 0) is 29.9 Å². The van der Waals surface area contributed by atoms with Gasteiger partial charge in [-0.2, -0.15) is 0 Å². The molecule has 0 saturated carbocycles. The number of fused-ring (bicyclic) bond motifs is 1. The van der Waals surface area contributed by atoms with Crippen LogP contribution in [0.1, 0.15) is 24.5 Å². The van der Waals surface area contributed by atoms with Crippen molar-refractivity contribution in [3.8, 4) is 0 Å². The molecule has 2 rings (SSSR count). The van der Waals surface area contributed by atoms with Crippen molar-refractivity contribution in [3.63, 3.8) is 0 Å². The number of benzene rings is 1. The van der Waals surface area contributed by atoms with Crippen molar-refractivity contribution in [2.45, 2.75) is 26.2 Å². The molecule has 1 N–H and O–H groups in total. The molecular formula is C13H17NO. The zero-order valence-corrected chi connectivity index (χ0v) is 9.12. The van der Waals surface area contributed by atoms with Gasteiger partial charge in [-0.15, -0.1) is 0 Å². The zero-order valence-electron chi connectivity index (χ0n) is 9.12. The molecule has 2 nitrogen and oxygen atoms in total. The molecule has 0 aliphatic heterocycles. The molecule has 0 radical (unpaired) electrons. The van der Waals surface area contributed by atoms with E-state index in [4.69, 9.17) is 0 Å². The average molecular weight is 203 g/mol. The van der Waals surface area contributed by atoms with Gasteiger partial charge in [-0.1, -0.05) is 31.2 Å². The molecule has 1 aromatic carbocycles. The van der Waals surface area contributed by atoms with Gasteiger partial charge >= 0.3 is 0 Å². The number of rotatable bonds is 3. The molecule has 0 atom stereocenters. The highest BCUT2D eigenvalue weighted by molar-refractivity contribution is 5.75. The lowest BCUT2D eigenvalue weighted by molar-refractivity contribution is -0.120. The highest BCUT2D eigenvalue weighted by Crippen LogP contribution is 2.25. The highest BCUT2D eigenvalue weighted by atomic mass is 16.1. The Bertz CT molecular complexity index is 334. The molecule has 2 heteroatoms. The minimum absolute atomic E-state index is 0.158. The van der Waals surface area contributed by atoms with Gasteiger partial charge in [0.05, 0.1) is 0 Å². The summed E-state index contributed by atoms with van der Waals surface area (Å²) in [4.78, 5) is 11.1. The third-order valence-corrected chi connectivity index (χ3v) is 3.04. The standard InChI is InChI=1S/C13H17NO/c1-2-13(15)14-9-10-7-11-5-3-4-6-12(11)8-10/h3-6,10H,2,7-9H2,1H3,(H,14,15). The summed E-state index contributed by atoms with van der Waals surface area (Å²) in [6, 6.07) is 8.56. The maximum Gasteiger partial charge on any atom is 0.219 e. The summed E-state index contributed by atoms with van der Waals surface area (Å²) in [5, 5.41) is 2.97. The summed E-state index contributed by atoms with van der Waals surface area (Å²) >= 11 is 0. The Hall–Kier alpha value is -1.31. The predicted molar refractivity (Wildman–Crippen MR) is 60.6 cm³/mol. The molecule has 0 spiro atoms. The van der Waals surface area contributed by atoms with E-state index in [9.17, 15) is 4.79 Å². The van der Waals surface area contributed by atoms with Gasteiger partial charge in [-0.3, -0.25) is 4.79 Å². The van der Waals surface area contributed by atoms with Crippen molar-refractivity contribution in [3.05, 3.63) is 35.4 Å². The SMILES string of the molecule is CCC(=O)NCC1Cc2ccccc2C1. The van der Waals surface area contributed by atoms with Crippen LogP contribution < -0.4 is 5.32 Å². The molecule has 1 aliphatic rings. The molecule has 0 saturated heterocycles. The van der Waals surface area contributed by atoms with Crippen LogP contribution in [-0.2, 0) is 17.6 Å². The minimum atomic E-state index is 0.158. The lowest BCUT2D eigenvalue weighted by Gasteiger charge is -2.09. The van der Waals surface area contributed by atoms with Crippen LogP contribution in [0.2, 0.25) is 0 Å². The first-order chi connectivity index (χ1) is 7.29. The van der Waals surface area contributed by atoms with Crippen LogP contribution in [0.4, 0.5) is 0 Å². The van der Waals surface area contributed by atoms with Crippen molar-refractivity contribution in [1.82, 2.24) is 5.32 Å². The van der Waals surface area contributed by atoms with Crippen molar-refractivity contribution in [2.75, 3.05) is 6.54 Å². The van der Waals surface area contributed by atoms with Gasteiger partial charge in [0.2, 0.25) is 5.91 Å². The fraction of sp³-hybridized carbons (Fsp3) is 0.462. The largest absolute Gasteiger partial charge is 0.356 e. The second-order valence-corrected chi connectivity index (χ2v) is 4.20. The molecule has 80 valence electrons. The van der Waals surface area contributed by atoms with E-state index in [1.165, 1.54) is 11.1 Å². The minimum Gasteiger partial charge on any atom is -0.356 e. The summed E-state index contributed by atoms with van der Waals surface area (Å²) in [7, 11) is 0. The van der Waals surface area contributed by atoms with Crippen LogP contribution in [0, 0.1) is 5.92 Å². The first-order valence-electron chi connectivity index (χ1n) is 5.63. The lowest BCUT2D eigenvalue weighted by Crippen LogP contribution is -2.28. The van der Waals surface area contributed by atoms with E-state index in [2.05, 4.69) is 29.6 Å². The third kappa shape index (κ3) is 2.38. The van der Waals surface area contributed by atoms with Crippen LogP contribution in [0.5, 0.6) is 0 Å². The Morgan fingerprint density at radius 1 is 1.33 bits per heavy atom. The van der Waals surface area contributed by atoms with Crippen molar-refractivity contribution < 1.29 is 4.79 Å². The molecule has 0 bridgehead atoms. The quantitative estimate of drug-likeness (QED) is 0.799. The van der Waals surface area contributed by atoms with Gasteiger partial charge in [0.25, 0.3) is 0 Å². The molecule has 1 amide bonds.